The number of amides is 2. The van der Waals surface area contributed by atoms with Crippen LogP contribution in [0.1, 0.15) is 36.1 Å². The average molecular weight is 375 g/mol. The summed E-state index contributed by atoms with van der Waals surface area (Å²) in [5, 5.41) is 11.9. The van der Waals surface area contributed by atoms with Crippen molar-refractivity contribution in [1.82, 2.24) is 5.32 Å². The van der Waals surface area contributed by atoms with Gasteiger partial charge in [0.1, 0.15) is 6.67 Å². The second-order valence-electron chi connectivity index (χ2n) is 7.09. The summed E-state index contributed by atoms with van der Waals surface area (Å²) in [6.07, 6.45) is 0.453. The molecular formula is C22H18FN3O2. The quantitative estimate of drug-likeness (QED) is 0.875. The fourth-order valence-electron chi connectivity index (χ4n) is 3.86. The van der Waals surface area contributed by atoms with E-state index < -0.39 is 12.7 Å². The molecule has 2 unspecified atom stereocenters. The minimum Gasteiger partial charge on any atom is -0.326 e. The predicted molar refractivity (Wildman–Crippen MR) is 102 cm³/mol. The molecular weight excluding hydrogens is 357 g/mol. The SMILES string of the molecule is CC1CC2=C(C1=O)C(c1ccc(C#N)cc1)NC(=O)N2c1cccc(CF)c1. The lowest BCUT2D eigenvalue weighted by atomic mass is 9.93. The second-order valence-corrected chi connectivity index (χ2v) is 7.09. The molecule has 0 aromatic heterocycles. The topological polar surface area (TPSA) is 73.2 Å². The number of nitrogens with one attached hydrogen (secondary N) is 1. The Morgan fingerprint density at radius 3 is 2.64 bits per heavy atom. The predicted octanol–water partition coefficient (Wildman–Crippen LogP) is 4.16. The number of hydrogen-bond acceptors (Lipinski definition) is 3. The van der Waals surface area contributed by atoms with Gasteiger partial charge in [0.25, 0.3) is 0 Å². The number of urea groups is 1. The number of hydrogen-bond donors (Lipinski definition) is 1. The van der Waals surface area contributed by atoms with E-state index in [2.05, 4.69) is 11.4 Å². The summed E-state index contributed by atoms with van der Waals surface area (Å²) in [5.74, 6) is -0.235. The molecule has 5 nitrogen and oxygen atoms in total. The molecule has 2 aliphatic rings. The highest BCUT2D eigenvalue weighted by molar-refractivity contribution is 6.09. The minimum absolute atomic E-state index is 0.00370. The van der Waals surface area contributed by atoms with Gasteiger partial charge in [-0.3, -0.25) is 9.69 Å². The summed E-state index contributed by atoms with van der Waals surface area (Å²) in [6.45, 7) is 1.22. The van der Waals surface area contributed by atoms with E-state index in [1.807, 2.05) is 6.92 Å². The number of anilines is 1. The molecule has 0 fully saturated rings. The second kappa shape index (κ2) is 6.93. The maximum atomic E-state index is 13.1. The number of benzene rings is 2. The molecule has 140 valence electrons. The van der Waals surface area contributed by atoms with Crippen LogP contribution in [-0.2, 0) is 11.5 Å². The van der Waals surface area contributed by atoms with Crippen molar-refractivity contribution in [2.24, 2.45) is 5.92 Å². The first-order valence-electron chi connectivity index (χ1n) is 9.06. The van der Waals surface area contributed by atoms with Crippen LogP contribution in [0.15, 0.2) is 59.8 Å². The molecule has 0 radical (unpaired) electrons. The van der Waals surface area contributed by atoms with E-state index in [1.165, 1.54) is 4.90 Å². The molecule has 1 N–H and O–H groups in total. The summed E-state index contributed by atoms with van der Waals surface area (Å²) >= 11 is 0. The van der Waals surface area contributed by atoms with Crippen LogP contribution in [-0.4, -0.2) is 11.8 Å². The number of allylic oxidation sites excluding steroid dienone is 1. The Labute approximate surface area is 162 Å². The molecule has 2 aromatic rings. The van der Waals surface area contributed by atoms with Crippen LogP contribution in [0, 0.1) is 17.2 Å². The van der Waals surface area contributed by atoms with Crippen molar-refractivity contribution in [2.45, 2.75) is 26.1 Å². The van der Waals surface area contributed by atoms with Crippen LogP contribution < -0.4 is 10.2 Å². The first-order chi connectivity index (χ1) is 13.5. The molecule has 0 bridgehead atoms. The monoisotopic (exact) mass is 375 g/mol. The number of nitriles is 1. The van der Waals surface area contributed by atoms with Gasteiger partial charge in [-0.2, -0.15) is 5.26 Å². The van der Waals surface area contributed by atoms with Gasteiger partial charge < -0.3 is 5.32 Å². The van der Waals surface area contributed by atoms with E-state index in [0.29, 0.717) is 34.5 Å². The third kappa shape index (κ3) is 2.85. The first kappa shape index (κ1) is 17.9. The Morgan fingerprint density at radius 1 is 1.21 bits per heavy atom. The molecule has 4 rings (SSSR count). The Kier molecular flexibility index (Phi) is 4.44. The number of alkyl halides is 1. The largest absolute Gasteiger partial charge is 0.327 e. The number of ketones is 1. The van der Waals surface area contributed by atoms with Crippen molar-refractivity contribution in [3.63, 3.8) is 0 Å². The van der Waals surface area contributed by atoms with E-state index in [-0.39, 0.29) is 17.7 Å². The highest BCUT2D eigenvalue weighted by Gasteiger charge is 2.44. The van der Waals surface area contributed by atoms with Crippen molar-refractivity contribution in [1.29, 1.82) is 5.26 Å². The number of carbonyl (C=O) groups excluding carboxylic acids is 2. The van der Waals surface area contributed by atoms with E-state index in [0.717, 1.165) is 5.56 Å². The van der Waals surface area contributed by atoms with Gasteiger partial charge in [-0.05, 0) is 41.8 Å². The summed E-state index contributed by atoms with van der Waals surface area (Å²) in [7, 11) is 0. The van der Waals surface area contributed by atoms with E-state index in [4.69, 9.17) is 5.26 Å². The fourth-order valence-corrected chi connectivity index (χ4v) is 3.86. The first-order valence-corrected chi connectivity index (χ1v) is 9.06. The highest BCUT2D eigenvalue weighted by atomic mass is 19.1. The van der Waals surface area contributed by atoms with Crippen LogP contribution in [0.2, 0.25) is 0 Å². The number of rotatable bonds is 3. The standard InChI is InChI=1S/C22H18FN3O2/c1-13-9-18-19(21(13)27)20(16-7-5-14(12-24)6-8-16)25-22(28)26(18)17-4-2-3-15(10-17)11-23/h2-8,10,13,20H,9,11H2,1H3,(H,25,28). The van der Waals surface area contributed by atoms with Crippen LogP contribution in [0.3, 0.4) is 0 Å². The summed E-state index contributed by atoms with van der Waals surface area (Å²) < 4.78 is 13.1. The number of Topliss-reactive ketones (excluding diaryl/α,β-unsaturated/α-hetero) is 1. The lowest BCUT2D eigenvalue weighted by molar-refractivity contribution is -0.118. The van der Waals surface area contributed by atoms with Crippen molar-refractivity contribution in [3.05, 3.63) is 76.5 Å². The Balaban J connectivity index is 1.82. The lowest BCUT2D eigenvalue weighted by Gasteiger charge is -2.34. The van der Waals surface area contributed by atoms with Crippen LogP contribution in [0.5, 0.6) is 0 Å². The van der Waals surface area contributed by atoms with Gasteiger partial charge in [0, 0.05) is 17.2 Å². The zero-order valence-electron chi connectivity index (χ0n) is 15.3. The Morgan fingerprint density at radius 2 is 1.96 bits per heavy atom. The molecule has 1 aliphatic heterocycles. The van der Waals surface area contributed by atoms with Crippen molar-refractivity contribution < 1.29 is 14.0 Å². The normalized spacial score (nSPS) is 21.4. The summed E-state index contributed by atoms with van der Waals surface area (Å²) in [5.41, 5.74) is 3.49. The smallest absolute Gasteiger partial charge is 0.326 e. The number of halogens is 1. The van der Waals surface area contributed by atoms with E-state index in [9.17, 15) is 14.0 Å². The van der Waals surface area contributed by atoms with Gasteiger partial charge in [0.2, 0.25) is 0 Å². The van der Waals surface area contributed by atoms with E-state index >= 15 is 0 Å². The van der Waals surface area contributed by atoms with Crippen molar-refractivity contribution >= 4 is 17.5 Å². The zero-order chi connectivity index (χ0) is 19.8. The van der Waals surface area contributed by atoms with E-state index in [1.54, 1.807) is 48.5 Å². The van der Waals surface area contributed by atoms with Crippen molar-refractivity contribution in [2.75, 3.05) is 4.90 Å². The molecule has 2 amide bonds. The van der Waals surface area contributed by atoms with Gasteiger partial charge >= 0.3 is 6.03 Å². The summed E-state index contributed by atoms with van der Waals surface area (Å²) in [6, 6.07) is 14.7. The number of nitrogens with zero attached hydrogens (tertiary/aromatic N) is 2. The van der Waals surface area contributed by atoms with Gasteiger partial charge in [-0.25, -0.2) is 9.18 Å². The lowest BCUT2D eigenvalue weighted by Crippen LogP contribution is -2.47. The molecule has 2 atom stereocenters. The molecule has 1 heterocycles. The molecule has 1 aliphatic carbocycles. The fraction of sp³-hybridized carbons (Fsp3) is 0.227. The van der Waals surface area contributed by atoms with Crippen molar-refractivity contribution in [3.8, 4) is 6.07 Å². The Hall–Kier alpha value is -3.46. The highest BCUT2D eigenvalue weighted by Crippen LogP contribution is 2.42. The average Bonchev–Trinajstić information content (AvgIpc) is 3.01. The molecule has 0 saturated heterocycles. The molecule has 2 aromatic carbocycles. The molecule has 0 spiro atoms. The summed E-state index contributed by atoms with van der Waals surface area (Å²) in [4.78, 5) is 27.4. The van der Waals surface area contributed by atoms with Gasteiger partial charge in [0.15, 0.2) is 5.78 Å². The molecule has 0 saturated carbocycles. The third-order valence-electron chi connectivity index (χ3n) is 5.25. The maximum absolute atomic E-state index is 13.1. The van der Waals surface area contributed by atoms with Crippen LogP contribution >= 0.6 is 0 Å². The zero-order valence-corrected chi connectivity index (χ0v) is 15.3. The maximum Gasteiger partial charge on any atom is 0.327 e. The molecule has 6 heteroatoms. The van der Waals surface area contributed by atoms with Gasteiger partial charge in [-0.15, -0.1) is 0 Å². The minimum atomic E-state index is -0.627. The van der Waals surface area contributed by atoms with Crippen LogP contribution in [0.25, 0.3) is 0 Å². The van der Waals surface area contributed by atoms with Gasteiger partial charge in [0.05, 0.1) is 23.4 Å². The van der Waals surface area contributed by atoms with Crippen LogP contribution in [0.4, 0.5) is 14.9 Å². The Bertz CT molecular complexity index is 1040. The molecule has 28 heavy (non-hydrogen) atoms. The third-order valence-corrected chi connectivity index (χ3v) is 5.25. The number of carbonyl (C=O) groups is 2. The van der Waals surface area contributed by atoms with Gasteiger partial charge in [-0.1, -0.05) is 31.2 Å².